The van der Waals surface area contributed by atoms with Crippen LogP contribution in [0.15, 0.2) is 18.2 Å². The van der Waals surface area contributed by atoms with Crippen molar-refractivity contribution in [2.75, 3.05) is 20.0 Å². The molecule has 0 radical (unpaired) electrons. The molecule has 4 heteroatoms. The van der Waals surface area contributed by atoms with Crippen molar-refractivity contribution >= 4 is 0 Å². The average molecular weight is 251 g/mol. The van der Waals surface area contributed by atoms with Gasteiger partial charge in [-0.15, -0.1) is 0 Å². The van der Waals surface area contributed by atoms with Crippen molar-refractivity contribution in [3.8, 4) is 11.5 Å². The molecule has 3 rings (SSSR count). The smallest absolute Gasteiger partial charge is 0.231 e. The largest absolute Gasteiger partial charge is 0.454 e. The van der Waals surface area contributed by atoms with Gasteiger partial charge in [-0.3, -0.25) is 0 Å². The van der Waals surface area contributed by atoms with E-state index in [1.165, 1.54) is 0 Å². The van der Waals surface area contributed by atoms with Gasteiger partial charge in [-0.2, -0.15) is 0 Å². The van der Waals surface area contributed by atoms with E-state index in [1.54, 1.807) is 0 Å². The van der Waals surface area contributed by atoms with Crippen molar-refractivity contribution in [3.63, 3.8) is 0 Å². The summed E-state index contributed by atoms with van der Waals surface area (Å²) in [6.07, 6.45) is 0. The second-order valence-corrected chi connectivity index (χ2v) is 4.74. The number of rotatable bonds is 2. The molecule has 0 bridgehead atoms. The predicted molar refractivity (Wildman–Crippen MR) is 69.8 cm³/mol. The second kappa shape index (κ2) is 5.16. The minimum atomic E-state index is -0.0178. The van der Waals surface area contributed by atoms with Gasteiger partial charge in [0, 0.05) is 11.5 Å². The Labute approximate surface area is 108 Å². The highest BCUT2D eigenvalue weighted by Crippen LogP contribution is 2.41. The van der Waals surface area contributed by atoms with Crippen LogP contribution in [0.1, 0.15) is 32.4 Å². The molecule has 1 saturated heterocycles. The van der Waals surface area contributed by atoms with Gasteiger partial charge in [-0.1, -0.05) is 26.8 Å². The molecular formula is C14H21NO3. The van der Waals surface area contributed by atoms with Crippen LogP contribution in [-0.4, -0.2) is 20.0 Å². The van der Waals surface area contributed by atoms with E-state index in [0.717, 1.165) is 30.3 Å². The van der Waals surface area contributed by atoms with Crippen LogP contribution in [0.25, 0.3) is 0 Å². The lowest BCUT2D eigenvalue weighted by Gasteiger charge is -2.42. The topological polar surface area (TPSA) is 53.7 Å². The van der Waals surface area contributed by atoms with Gasteiger partial charge in [0.1, 0.15) is 0 Å². The van der Waals surface area contributed by atoms with Gasteiger partial charge < -0.3 is 19.9 Å². The molecule has 2 aliphatic rings. The van der Waals surface area contributed by atoms with Gasteiger partial charge in [-0.25, -0.2) is 0 Å². The molecule has 18 heavy (non-hydrogen) atoms. The molecule has 0 spiro atoms. The van der Waals surface area contributed by atoms with Crippen LogP contribution < -0.4 is 15.2 Å². The van der Waals surface area contributed by atoms with Gasteiger partial charge in [0.2, 0.25) is 6.79 Å². The lowest BCUT2D eigenvalue weighted by molar-refractivity contribution is -0.115. The molecule has 1 unspecified atom stereocenters. The number of fused-ring (bicyclic) bond motifs is 1. The summed E-state index contributed by atoms with van der Waals surface area (Å²) in [7, 11) is 0. The van der Waals surface area contributed by atoms with Crippen LogP contribution in [-0.2, 0) is 4.74 Å². The number of benzene rings is 1. The van der Waals surface area contributed by atoms with E-state index in [4.69, 9.17) is 19.9 Å². The minimum absolute atomic E-state index is 0.0178. The summed E-state index contributed by atoms with van der Waals surface area (Å²) in [5.74, 6) is 1.59. The molecule has 4 nitrogen and oxygen atoms in total. The maximum atomic E-state index is 6.25. The summed E-state index contributed by atoms with van der Waals surface area (Å²) in [5.41, 5.74) is 7.38. The molecular weight excluding hydrogens is 230 g/mol. The minimum Gasteiger partial charge on any atom is -0.454 e. The first-order chi connectivity index (χ1) is 8.69. The van der Waals surface area contributed by atoms with E-state index in [9.17, 15) is 0 Å². The highest BCUT2D eigenvalue weighted by molar-refractivity contribution is 5.45. The number of ether oxygens (including phenoxy) is 3. The van der Waals surface area contributed by atoms with Crippen LogP contribution in [0.4, 0.5) is 0 Å². The third-order valence-corrected chi connectivity index (χ3v) is 3.37. The number of hydrogen-bond donors (Lipinski definition) is 1. The SMILES string of the molecule is CC.CC1(C(N)c2ccc3c(c2)OCO3)COC1. The zero-order valence-electron chi connectivity index (χ0n) is 11.2. The lowest BCUT2D eigenvalue weighted by atomic mass is 9.77. The van der Waals surface area contributed by atoms with Crippen molar-refractivity contribution in [1.29, 1.82) is 0 Å². The fourth-order valence-corrected chi connectivity index (χ4v) is 2.11. The molecule has 0 aliphatic carbocycles. The fraction of sp³-hybridized carbons (Fsp3) is 0.571. The van der Waals surface area contributed by atoms with Crippen molar-refractivity contribution in [2.24, 2.45) is 11.1 Å². The quantitative estimate of drug-likeness (QED) is 0.877. The van der Waals surface area contributed by atoms with Crippen LogP contribution in [0, 0.1) is 5.41 Å². The first-order valence-corrected chi connectivity index (χ1v) is 6.42. The van der Waals surface area contributed by atoms with Crippen LogP contribution >= 0.6 is 0 Å². The Balaban J connectivity index is 0.000000574. The first-order valence-electron chi connectivity index (χ1n) is 6.42. The van der Waals surface area contributed by atoms with Gasteiger partial charge in [0.25, 0.3) is 0 Å². The Morgan fingerprint density at radius 1 is 1.17 bits per heavy atom. The zero-order chi connectivity index (χ0) is 13.2. The van der Waals surface area contributed by atoms with E-state index in [0.29, 0.717) is 6.79 Å². The molecule has 100 valence electrons. The molecule has 1 atom stereocenters. The monoisotopic (exact) mass is 251 g/mol. The molecule has 1 aromatic rings. The lowest BCUT2D eigenvalue weighted by Crippen LogP contribution is -2.47. The Hall–Kier alpha value is -1.26. The molecule has 2 N–H and O–H groups in total. The van der Waals surface area contributed by atoms with Crippen molar-refractivity contribution in [1.82, 2.24) is 0 Å². The van der Waals surface area contributed by atoms with E-state index >= 15 is 0 Å². The van der Waals surface area contributed by atoms with Gasteiger partial charge in [-0.05, 0) is 17.7 Å². The Kier molecular flexibility index (Phi) is 3.78. The van der Waals surface area contributed by atoms with Crippen molar-refractivity contribution in [2.45, 2.75) is 26.8 Å². The maximum Gasteiger partial charge on any atom is 0.231 e. The number of hydrogen-bond acceptors (Lipinski definition) is 4. The molecule has 0 amide bonds. The van der Waals surface area contributed by atoms with Crippen LogP contribution in [0.3, 0.4) is 0 Å². The summed E-state index contributed by atoms with van der Waals surface area (Å²) in [5, 5.41) is 0. The fourth-order valence-electron chi connectivity index (χ4n) is 2.11. The highest BCUT2D eigenvalue weighted by Gasteiger charge is 2.40. The number of nitrogens with two attached hydrogens (primary N) is 1. The van der Waals surface area contributed by atoms with E-state index < -0.39 is 0 Å². The summed E-state index contributed by atoms with van der Waals surface area (Å²) < 4.78 is 15.9. The third kappa shape index (κ3) is 2.18. The summed E-state index contributed by atoms with van der Waals surface area (Å²) in [6, 6.07) is 5.87. The second-order valence-electron chi connectivity index (χ2n) is 4.74. The maximum absolute atomic E-state index is 6.25. The molecule has 2 aliphatic heterocycles. The highest BCUT2D eigenvalue weighted by atomic mass is 16.7. The normalized spacial score (nSPS) is 20.4. The van der Waals surface area contributed by atoms with Crippen LogP contribution in [0.2, 0.25) is 0 Å². The molecule has 0 saturated carbocycles. The Morgan fingerprint density at radius 2 is 1.83 bits per heavy atom. The van der Waals surface area contributed by atoms with Crippen molar-refractivity contribution < 1.29 is 14.2 Å². The van der Waals surface area contributed by atoms with Gasteiger partial charge >= 0.3 is 0 Å². The Morgan fingerprint density at radius 3 is 2.44 bits per heavy atom. The van der Waals surface area contributed by atoms with Crippen molar-refractivity contribution in [3.05, 3.63) is 23.8 Å². The summed E-state index contributed by atoms with van der Waals surface area (Å²) >= 11 is 0. The van der Waals surface area contributed by atoms with E-state index in [1.807, 2.05) is 32.0 Å². The molecule has 1 aromatic carbocycles. The van der Waals surface area contributed by atoms with Gasteiger partial charge in [0.05, 0.1) is 13.2 Å². The molecule has 0 aromatic heterocycles. The third-order valence-electron chi connectivity index (χ3n) is 3.37. The van der Waals surface area contributed by atoms with Crippen LogP contribution in [0.5, 0.6) is 11.5 Å². The standard InChI is InChI=1S/C12H15NO3.C2H6/c1-12(5-14-6-12)11(13)8-2-3-9-10(4-8)16-7-15-9;1-2/h2-4,11H,5-7,13H2,1H3;1-2H3. The average Bonchev–Trinajstić information content (AvgIpc) is 2.84. The van der Waals surface area contributed by atoms with E-state index in [-0.39, 0.29) is 11.5 Å². The summed E-state index contributed by atoms with van der Waals surface area (Å²) in [6.45, 7) is 7.89. The molecule has 2 heterocycles. The first kappa shape index (κ1) is 13.2. The zero-order valence-corrected chi connectivity index (χ0v) is 11.2. The van der Waals surface area contributed by atoms with E-state index in [2.05, 4.69) is 6.92 Å². The Bertz CT molecular complexity index is 416. The predicted octanol–water partition coefficient (Wildman–Crippen LogP) is 2.48. The summed E-state index contributed by atoms with van der Waals surface area (Å²) in [4.78, 5) is 0. The van der Waals surface area contributed by atoms with Gasteiger partial charge in [0.15, 0.2) is 11.5 Å². The molecule has 1 fully saturated rings.